The predicted molar refractivity (Wildman–Crippen MR) is 66.1 cm³/mol. The molecule has 0 heterocycles. The molecular formula is C13H17F2NO2. The van der Waals surface area contributed by atoms with Crippen molar-refractivity contribution in [2.24, 2.45) is 0 Å². The molecule has 0 bridgehead atoms. The van der Waals surface area contributed by atoms with Crippen molar-refractivity contribution in [3.8, 4) is 11.5 Å². The maximum atomic E-state index is 12.3. The summed E-state index contributed by atoms with van der Waals surface area (Å²) in [6.07, 6.45) is 2.60. The number of hydrogen-bond acceptors (Lipinski definition) is 3. The molecular weight excluding hydrogens is 240 g/mol. The molecule has 0 saturated carbocycles. The van der Waals surface area contributed by atoms with E-state index in [2.05, 4.69) is 16.6 Å². The molecule has 0 aliphatic heterocycles. The Kier molecular flexibility index (Phi) is 6.14. The van der Waals surface area contributed by atoms with Crippen LogP contribution in [0.5, 0.6) is 11.5 Å². The molecule has 0 radical (unpaired) electrons. The van der Waals surface area contributed by atoms with Gasteiger partial charge in [0, 0.05) is 12.1 Å². The number of methoxy groups -OCH3 is 1. The number of benzene rings is 1. The molecule has 1 N–H and O–H groups in total. The summed E-state index contributed by atoms with van der Waals surface area (Å²) in [5.41, 5.74) is 0.638. The van der Waals surface area contributed by atoms with Crippen LogP contribution in [0.1, 0.15) is 12.0 Å². The van der Waals surface area contributed by atoms with Gasteiger partial charge in [0.05, 0.1) is 7.11 Å². The van der Waals surface area contributed by atoms with Crippen LogP contribution in [0.3, 0.4) is 0 Å². The smallest absolute Gasteiger partial charge is 0.387 e. The Hall–Kier alpha value is -1.62. The van der Waals surface area contributed by atoms with Crippen LogP contribution < -0.4 is 14.8 Å². The lowest BCUT2D eigenvalue weighted by molar-refractivity contribution is -0.0518. The first-order chi connectivity index (χ1) is 8.69. The van der Waals surface area contributed by atoms with Gasteiger partial charge in [0.2, 0.25) is 0 Å². The highest BCUT2D eigenvalue weighted by molar-refractivity contribution is 5.46. The zero-order valence-electron chi connectivity index (χ0n) is 10.3. The molecule has 5 heteroatoms. The van der Waals surface area contributed by atoms with E-state index in [-0.39, 0.29) is 5.75 Å². The Morgan fingerprint density at radius 3 is 2.83 bits per heavy atom. The molecule has 0 aliphatic carbocycles. The molecule has 100 valence electrons. The third-order valence-corrected chi connectivity index (χ3v) is 2.33. The third-order valence-electron chi connectivity index (χ3n) is 2.33. The maximum Gasteiger partial charge on any atom is 0.387 e. The summed E-state index contributed by atoms with van der Waals surface area (Å²) in [5, 5.41) is 3.12. The zero-order valence-corrected chi connectivity index (χ0v) is 10.3. The van der Waals surface area contributed by atoms with Crippen molar-refractivity contribution in [1.29, 1.82) is 0 Å². The van der Waals surface area contributed by atoms with Gasteiger partial charge in [0.25, 0.3) is 0 Å². The molecule has 0 saturated heterocycles. The summed E-state index contributed by atoms with van der Waals surface area (Å²) in [6.45, 7) is 1.91. The fourth-order valence-electron chi connectivity index (χ4n) is 1.51. The van der Waals surface area contributed by atoms with Gasteiger partial charge in [-0.1, -0.05) is 18.2 Å². The van der Waals surface area contributed by atoms with Gasteiger partial charge in [-0.25, -0.2) is 0 Å². The van der Waals surface area contributed by atoms with Crippen molar-refractivity contribution in [3.63, 3.8) is 0 Å². The summed E-state index contributed by atoms with van der Waals surface area (Å²) >= 11 is 0. The van der Waals surface area contributed by atoms with E-state index >= 15 is 0 Å². The van der Waals surface area contributed by atoms with Crippen LogP contribution in [0, 0.1) is 0 Å². The Balaban J connectivity index is 2.77. The highest BCUT2D eigenvalue weighted by Gasteiger charge is 2.14. The number of hydrogen-bond donors (Lipinski definition) is 1. The van der Waals surface area contributed by atoms with Crippen LogP contribution in [0.15, 0.2) is 30.9 Å². The summed E-state index contributed by atoms with van der Waals surface area (Å²) in [6, 6.07) is 5.05. The topological polar surface area (TPSA) is 30.5 Å². The minimum absolute atomic E-state index is 0.0844. The van der Waals surface area contributed by atoms with E-state index in [1.165, 1.54) is 7.11 Å². The number of ether oxygens (including phenoxy) is 2. The second-order valence-corrected chi connectivity index (χ2v) is 3.58. The molecule has 0 unspecified atom stereocenters. The van der Waals surface area contributed by atoms with Gasteiger partial charge in [-0.05, 0) is 19.0 Å². The number of alkyl halides is 2. The Morgan fingerprint density at radius 2 is 2.22 bits per heavy atom. The van der Waals surface area contributed by atoms with Gasteiger partial charge in [0.1, 0.15) is 0 Å². The van der Waals surface area contributed by atoms with Crippen LogP contribution in [0.25, 0.3) is 0 Å². The largest absolute Gasteiger partial charge is 0.493 e. The zero-order chi connectivity index (χ0) is 13.4. The lowest BCUT2D eigenvalue weighted by Gasteiger charge is -2.14. The van der Waals surface area contributed by atoms with Gasteiger partial charge in [-0.2, -0.15) is 8.78 Å². The molecule has 0 aromatic heterocycles. The SMILES string of the molecule is C=CCCNCc1cccc(OC)c1OC(F)F. The molecule has 0 atom stereocenters. The van der Waals surface area contributed by atoms with Crippen LogP contribution in [0.2, 0.25) is 0 Å². The molecule has 0 fully saturated rings. The van der Waals surface area contributed by atoms with E-state index in [1.807, 2.05) is 0 Å². The number of halogens is 2. The van der Waals surface area contributed by atoms with Gasteiger partial charge in [-0.3, -0.25) is 0 Å². The molecule has 1 aromatic rings. The molecule has 0 amide bonds. The van der Waals surface area contributed by atoms with Gasteiger partial charge < -0.3 is 14.8 Å². The first kappa shape index (κ1) is 14.4. The second kappa shape index (κ2) is 7.66. The second-order valence-electron chi connectivity index (χ2n) is 3.58. The van der Waals surface area contributed by atoms with Crippen molar-refractivity contribution in [2.75, 3.05) is 13.7 Å². The normalized spacial score (nSPS) is 10.4. The Bertz CT molecular complexity index is 383. The van der Waals surface area contributed by atoms with Gasteiger partial charge >= 0.3 is 6.61 Å². The minimum Gasteiger partial charge on any atom is -0.493 e. The van der Waals surface area contributed by atoms with Gasteiger partial charge in [-0.15, -0.1) is 6.58 Å². The average Bonchev–Trinajstić information content (AvgIpc) is 2.35. The van der Waals surface area contributed by atoms with E-state index < -0.39 is 6.61 Å². The van der Waals surface area contributed by atoms with E-state index in [0.717, 1.165) is 13.0 Å². The Morgan fingerprint density at radius 1 is 1.44 bits per heavy atom. The molecule has 1 rings (SSSR count). The lowest BCUT2D eigenvalue weighted by Crippen LogP contribution is -2.16. The predicted octanol–water partition coefficient (Wildman–Crippen LogP) is 2.96. The summed E-state index contributed by atoms with van der Waals surface area (Å²) < 4.78 is 34.2. The van der Waals surface area contributed by atoms with Crippen molar-refractivity contribution >= 4 is 0 Å². The lowest BCUT2D eigenvalue weighted by atomic mass is 10.2. The molecule has 18 heavy (non-hydrogen) atoms. The van der Waals surface area contributed by atoms with Crippen molar-refractivity contribution in [2.45, 2.75) is 19.6 Å². The van der Waals surface area contributed by atoms with Crippen molar-refractivity contribution < 1.29 is 18.3 Å². The first-order valence-electron chi connectivity index (χ1n) is 5.61. The summed E-state index contributed by atoms with van der Waals surface area (Å²) in [4.78, 5) is 0. The molecule has 0 spiro atoms. The maximum absolute atomic E-state index is 12.3. The number of rotatable bonds is 8. The fraction of sp³-hybridized carbons (Fsp3) is 0.385. The summed E-state index contributed by atoms with van der Waals surface area (Å²) in [7, 11) is 1.42. The summed E-state index contributed by atoms with van der Waals surface area (Å²) in [5.74, 6) is 0.388. The monoisotopic (exact) mass is 257 g/mol. The quantitative estimate of drug-likeness (QED) is 0.573. The highest BCUT2D eigenvalue weighted by Crippen LogP contribution is 2.32. The van der Waals surface area contributed by atoms with E-state index in [4.69, 9.17) is 4.74 Å². The highest BCUT2D eigenvalue weighted by atomic mass is 19.3. The molecule has 1 aromatic carbocycles. The van der Waals surface area contributed by atoms with E-state index in [1.54, 1.807) is 24.3 Å². The number of para-hydroxylation sites is 1. The minimum atomic E-state index is -2.87. The van der Waals surface area contributed by atoms with Crippen LogP contribution >= 0.6 is 0 Å². The fourth-order valence-corrected chi connectivity index (χ4v) is 1.51. The van der Waals surface area contributed by atoms with E-state index in [0.29, 0.717) is 17.9 Å². The average molecular weight is 257 g/mol. The molecule has 3 nitrogen and oxygen atoms in total. The molecule has 0 aliphatic rings. The van der Waals surface area contributed by atoms with Crippen molar-refractivity contribution in [1.82, 2.24) is 5.32 Å². The van der Waals surface area contributed by atoms with Crippen molar-refractivity contribution in [3.05, 3.63) is 36.4 Å². The number of nitrogens with one attached hydrogen (secondary N) is 1. The van der Waals surface area contributed by atoms with E-state index in [9.17, 15) is 8.78 Å². The van der Waals surface area contributed by atoms with Crippen LogP contribution in [-0.2, 0) is 6.54 Å². The third kappa shape index (κ3) is 4.33. The van der Waals surface area contributed by atoms with Crippen LogP contribution in [-0.4, -0.2) is 20.3 Å². The first-order valence-corrected chi connectivity index (χ1v) is 5.61. The van der Waals surface area contributed by atoms with Crippen LogP contribution in [0.4, 0.5) is 8.78 Å². The van der Waals surface area contributed by atoms with Gasteiger partial charge in [0.15, 0.2) is 11.5 Å². The Labute approximate surface area is 105 Å². The standard InChI is InChI=1S/C13H17F2NO2/c1-3-4-8-16-9-10-6-5-7-11(17-2)12(10)18-13(14)15/h3,5-7,13,16H,1,4,8-9H2,2H3.